The normalized spacial score (nSPS) is 16.7. The minimum atomic E-state index is -0.0270. The van der Waals surface area contributed by atoms with Gasteiger partial charge in [-0.1, -0.05) is 6.92 Å². The Morgan fingerprint density at radius 1 is 1.43 bits per heavy atom. The first-order valence-electron chi connectivity index (χ1n) is 7.81. The molecular formula is C16H26N4O. The minimum absolute atomic E-state index is 0.0270. The van der Waals surface area contributed by atoms with Crippen LogP contribution in [0, 0.1) is 6.92 Å². The zero-order chi connectivity index (χ0) is 15.2. The topological polar surface area (TPSA) is 57.3 Å². The molecule has 1 aromatic rings. The van der Waals surface area contributed by atoms with Gasteiger partial charge in [-0.15, -0.1) is 0 Å². The third kappa shape index (κ3) is 4.17. The molecule has 0 unspecified atom stereocenters. The number of aromatic nitrogens is 1. The number of carbonyl (C=O) groups is 1. The van der Waals surface area contributed by atoms with E-state index < -0.39 is 0 Å². The van der Waals surface area contributed by atoms with E-state index >= 15 is 0 Å². The highest BCUT2D eigenvalue weighted by Gasteiger charge is 2.21. The van der Waals surface area contributed by atoms with E-state index in [1.54, 1.807) is 6.20 Å². The lowest BCUT2D eigenvalue weighted by atomic mass is 10.0. The third-order valence-corrected chi connectivity index (χ3v) is 4.02. The van der Waals surface area contributed by atoms with Gasteiger partial charge in [-0.2, -0.15) is 0 Å². The van der Waals surface area contributed by atoms with Crippen LogP contribution < -0.4 is 10.6 Å². The van der Waals surface area contributed by atoms with Gasteiger partial charge in [-0.3, -0.25) is 9.78 Å². The van der Waals surface area contributed by atoms with Crippen molar-refractivity contribution in [2.24, 2.45) is 0 Å². The highest BCUT2D eigenvalue weighted by Crippen LogP contribution is 2.17. The van der Waals surface area contributed by atoms with Crippen LogP contribution in [0.2, 0.25) is 0 Å². The van der Waals surface area contributed by atoms with E-state index in [9.17, 15) is 4.79 Å². The monoisotopic (exact) mass is 290 g/mol. The SMILES string of the molecule is CCCN1CCC(NC(=O)c2cnc(C)cc2NC)CC1. The number of aryl methyl sites for hydroxylation is 1. The van der Waals surface area contributed by atoms with Crippen molar-refractivity contribution < 1.29 is 4.79 Å². The summed E-state index contributed by atoms with van der Waals surface area (Å²) in [5.74, 6) is -0.0270. The maximum atomic E-state index is 12.4. The molecule has 5 nitrogen and oxygen atoms in total. The average Bonchev–Trinajstić information content (AvgIpc) is 2.49. The number of nitrogens with one attached hydrogen (secondary N) is 2. The Hall–Kier alpha value is -1.62. The summed E-state index contributed by atoms with van der Waals surface area (Å²) in [6.07, 6.45) is 4.90. The fourth-order valence-corrected chi connectivity index (χ4v) is 2.83. The summed E-state index contributed by atoms with van der Waals surface area (Å²) in [6, 6.07) is 2.18. The number of rotatable bonds is 5. The van der Waals surface area contributed by atoms with E-state index in [0.717, 1.165) is 43.9 Å². The number of hydrogen-bond donors (Lipinski definition) is 2. The lowest BCUT2D eigenvalue weighted by Crippen LogP contribution is -2.44. The van der Waals surface area contributed by atoms with Crippen LogP contribution in [0.3, 0.4) is 0 Å². The van der Waals surface area contributed by atoms with Gasteiger partial charge in [0.25, 0.3) is 5.91 Å². The molecule has 21 heavy (non-hydrogen) atoms. The predicted molar refractivity (Wildman–Crippen MR) is 85.7 cm³/mol. The minimum Gasteiger partial charge on any atom is -0.387 e. The molecule has 0 saturated carbocycles. The van der Waals surface area contributed by atoms with Gasteiger partial charge in [0.1, 0.15) is 0 Å². The zero-order valence-corrected chi connectivity index (χ0v) is 13.3. The molecule has 1 fully saturated rings. The van der Waals surface area contributed by atoms with Crippen molar-refractivity contribution in [3.63, 3.8) is 0 Å². The summed E-state index contributed by atoms with van der Waals surface area (Å²) in [4.78, 5) is 19.1. The van der Waals surface area contributed by atoms with Crippen LogP contribution in [0.25, 0.3) is 0 Å². The Bertz CT molecular complexity index is 481. The van der Waals surface area contributed by atoms with Crippen molar-refractivity contribution in [3.05, 3.63) is 23.5 Å². The Labute approximate surface area is 127 Å². The second kappa shape index (κ2) is 7.41. The molecular weight excluding hydrogens is 264 g/mol. The van der Waals surface area contributed by atoms with E-state index in [4.69, 9.17) is 0 Å². The molecule has 2 heterocycles. The highest BCUT2D eigenvalue weighted by molar-refractivity contribution is 5.99. The molecule has 0 bridgehead atoms. The molecule has 1 aromatic heterocycles. The van der Waals surface area contributed by atoms with Crippen molar-refractivity contribution in [1.29, 1.82) is 0 Å². The molecule has 0 aliphatic carbocycles. The summed E-state index contributed by atoms with van der Waals surface area (Å²) >= 11 is 0. The van der Waals surface area contributed by atoms with Gasteiger partial charge in [0, 0.05) is 38.1 Å². The van der Waals surface area contributed by atoms with Gasteiger partial charge in [0.05, 0.1) is 11.3 Å². The number of anilines is 1. The van der Waals surface area contributed by atoms with Crippen LogP contribution in [0.5, 0.6) is 0 Å². The van der Waals surface area contributed by atoms with Crippen molar-refractivity contribution in [2.45, 2.75) is 39.2 Å². The summed E-state index contributed by atoms with van der Waals surface area (Å²) in [6.45, 7) is 7.43. The number of nitrogens with zero attached hydrogens (tertiary/aromatic N) is 2. The molecule has 0 spiro atoms. The van der Waals surface area contributed by atoms with Crippen LogP contribution in [-0.4, -0.2) is 48.5 Å². The summed E-state index contributed by atoms with van der Waals surface area (Å²) < 4.78 is 0. The van der Waals surface area contributed by atoms with Crippen LogP contribution in [0.1, 0.15) is 42.2 Å². The Morgan fingerprint density at radius 3 is 2.76 bits per heavy atom. The maximum Gasteiger partial charge on any atom is 0.255 e. The number of likely N-dealkylation sites (tertiary alicyclic amines) is 1. The quantitative estimate of drug-likeness (QED) is 0.871. The first-order chi connectivity index (χ1) is 10.1. The van der Waals surface area contributed by atoms with Crippen molar-refractivity contribution >= 4 is 11.6 Å². The Morgan fingerprint density at radius 2 is 2.14 bits per heavy atom. The molecule has 1 amide bonds. The summed E-state index contributed by atoms with van der Waals surface area (Å²) in [7, 11) is 1.83. The largest absolute Gasteiger partial charge is 0.387 e. The molecule has 0 aromatic carbocycles. The van der Waals surface area contributed by atoms with Gasteiger partial charge in [0.15, 0.2) is 0 Å². The maximum absolute atomic E-state index is 12.4. The smallest absolute Gasteiger partial charge is 0.255 e. The van der Waals surface area contributed by atoms with Crippen molar-refractivity contribution in [3.8, 4) is 0 Å². The highest BCUT2D eigenvalue weighted by atomic mass is 16.1. The molecule has 5 heteroatoms. The van der Waals surface area contributed by atoms with Gasteiger partial charge in [-0.05, 0) is 38.8 Å². The van der Waals surface area contributed by atoms with Crippen LogP contribution >= 0.6 is 0 Å². The Balaban J connectivity index is 1.93. The van der Waals surface area contributed by atoms with Crippen LogP contribution in [0.15, 0.2) is 12.3 Å². The fourth-order valence-electron chi connectivity index (χ4n) is 2.83. The third-order valence-electron chi connectivity index (χ3n) is 4.02. The molecule has 2 N–H and O–H groups in total. The molecule has 1 saturated heterocycles. The van der Waals surface area contributed by atoms with Crippen LogP contribution in [-0.2, 0) is 0 Å². The van der Waals surface area contributed by atoms with Gasteiger partial charge in [-0.25, -0.2) is 0 Å². The number of carbonyl (C=O) groups excluding carboxylic acids is 1. The molecule has 116 valence electrons. The Kier molecular flexibility index (Phi) is 5.56. The second-order valence-corrected chi connectivity index (χ2v) is 5.71. The molecule has 0 radical (unpaired) electrons. The van der Waals surface area contributed by atoms with Crippen LogP contribution in [0.4, 0.5) is 5.69 Å². The van der Waals surface area contributed by atoms with Crippen molar-refractivity contribution in [1.82, 2.24) is 15.2 Å². The zero-order valence-electron chi connectivity index (χ0n) is 13.3. The van der Waals surface area contributed by atoms with E-state index in [0.29, 0.717) is 5.56 Å². The average molecular weight is 290 g/mol. The van der Waals surface area contributed by atoms with E-state index in [1.165, 1.54) is 6.42 Å². The second-order valence-electron chi connectivity index (χ2n) is 5.71. The van der Waals surface area contributed by atoms with Crippen molar-refractivity contribution in [2.75, 3.05) is 32.0 Å². The van der Waals surface area contributed by atoms with E-state index in [-0.39, 0.29) is 11.9 Å². The number of piperidine rings is 1. The van der Waals surface area contributed by atoms with Gasteiger partial charge in [0.2, 0.25) is 0 Å². The predicted octanol–water partition coefficient (Wildman–Crippen LogP) is 2.04. The number of amides is 1. The molecule has 1 aliphatic rings. The van der Waals surface area contributed by atoms with E-state index in [1.807, 2.05) is 20.0 Å². The van der Waals surface area contributed by atoms with Gasteiger partial charge >= 0.3 is 0 Å². The lowest BCUT2D eigenvalue weighted by Gasteiger charge is -2.32. The fraction of sp³-hybridized carbons (Fsp3) is 0.625. The first-order valence-corrected chi connectivity index (χ1v) is 7.81. The molecule has 1 aliphatic heterocycles. The summed E-state index contributed by atoms with van der Waals surface area (Å²) in [5, 5.41) is 6.22. The molecule has 0 atom stereocenters. The van der Waals surface area contributed by atoms with Gasteiger partial charge < -0.3 is 15.5 Å². The lowest BCUT2D eigenvalue weighted by molar-refractivity contribution is 0.0911. The summed E-state index contributed by atoms with van der Waals surface area (Å²) in [5.41, 5.74) is 2.37. The molecule has 2 rings (SSSR count). The number of hydrogen-bond acceptors (Lipinski definition) is 4. The standard InChI is InChI=1S/C16H26N4O/c1-4-7-20-8-5-13(6-9-20)19-16(21)14-11-18-12(2)10-15(14)17-3/h10-11,13H,4-9H2,1-3H3,(H,17,18)(H,19,21). The number of pyridine rings is 1. The van der Waals surface area contributed by atoms with E-state index in [2.05, 4.69) is 27.4 Å². The first kappa shape index (κ1) is 15.8.